The fraction of sp³-hybridized carbons (Fsp3) is 0.733. The molecule has 0 aliphatic heterocycles. The van der Waals surface area contributed by atoms with E-state index in [0.29, 0.717) is 6.61 Å². The van der Waals surface area contributed by atoms with Crippen molar-refractivity contribution in [1.82, 2.24) is 9.97 Å². The molecule has 4 heteroatoms. The molecule has 0 aromatic carbocycles. The highest BCUT2D eigenvalue weighted by Crippen LogP contribution is 2.29. The van der Waals surface area contributed by atoms with Gasteiger partial charge in [-0.25, -0.2) is 9.97 Å². The maximum absolute atomic E-state index is 6.48. The van der Waals surface area contributed by atoms with Crippen molar-refractivity contribution >= 4 is 0 Å². The highest BCUT2D eigenvalue weighted by Gasteiger charge is 2.28. The molecule has 4 nitrogen and oxygen atoms in total. The van der Waals surface area contributed by atoms with Crippen LogP contribution in [0.15, 0.2) is 6.33 Å². The summed E-state index contributed by atoms with van der Waals surface area (Å²) in [4.78, 5) is 8.63. The number of hydrogen-bond donors (Lipinski definition) is 1. The zero-order chi connectivity index (χ0) is 13.1. The van der Waals surface area contributed by atoms with E-state index in [1.54, 1.807) is 6.33 Å². The summed E-state index contributed by atoms with van der Waals surface area (Å²) in [7, 11) is 0. The lowest BCUT2D eigenvalue weighted by Crippen LogP contribution is -2.45. The van der Waals surface area contributed by atoms with Crippen LogP contribution >= 0.6 is 0 Å². The molecule has 104 valence electrons. The monoisotopic (exact) mass is 261 g/mol. The van der Waals surface area contributed by atoms with Crippen LogP contribution in [0, 0.1) is 0 Å². The second kappa shape index (κ2) is 5.45. The Bertz CT molecular complexity index is 439. The average Bonchev–Trinajstić information content (AvgIpc) is 2.80. The zero-order valence-corrected chi connectivity index (χ0v) is 11.5. The molecule has 3 rings (SSSR count). The van der Waals surface area contributed by atoms with Crippen LogP contribution in [-0.2, 0) is 12.8 Å². The van der Waals surface area contributed by atoms with E-state index in [1.807, 2.05) is 0 Å². The smallest absolute Gasteiger partial charge is 0.219 e. The summed E-state index contributed by atoms with van der Waals surface area (Å²) >= 11 is 0. The SMILES string of the molecule is NC1(COc2ncnc3c2CCC3)CCCCCC1. The minimum Gasteiger partial charge on any atom is -0.475 e. The summed E-state index contributed by atoms with van der Waals surface area (Å²) in [6.07, 6.45) is 12.1. The van der Waals surface area contributed by atoms with E-state index in [4.69, 9.17) is 10.5 Å². The Kier molecular flexibility index (Phi) is 3.69. The number of fused-ring (bicyclic) bond motifs is 1. The Balaban J connectivity index is 1.67. The van der Waals surface area contributed by atoms with Crippen LogP contribution < -0.4 is 10.5 Å². The largest absolute Gasteiger partial charge is 0.475 e. The Labute approximate surface area is 114 Å². The summed E-state index contributed by atoms with van der Waals surface area (Å²) < 4.78 is 5.97. The lowest BCUT2D eigenvalue weighted by atomic mass is 9.93. The molecule has 2 N–H and O–H groups in total. The van der Waals surface area contributed by atoms with Crippen molar-refractivity contribution in [2.75, 3.05) is 6.61 Å². The van der Waals surface area contributed by atoms with Gasteiger partial charge in [-0.2, -0.15) is 0 Å². The predicted octanol–water partition coefficient (Wildman–Crippen LogP) is 2.40. The number of ether oxygens (including phenoxy) is 1. The summed E-state index contributed by atoms with van der Waals surface area (Å²) in [5.41, 5.74) is 8.70. The third-order valence-electron chi connectivity index (χ3n) is 4.43. The Morgan fingerprint density at radius 3 is 2.63 bits per heavy atom. The molecule has 2 aliphatic rings. The van der Waals surface area contributed by atoms with Gasteiger partial charge in [0.25, 0.3) is 0 Å². The van der Waals surface area contributed by atoms with Crippen molar-refractivity contribution < 1.29 is 4.74 Å². The van der Waals surface area contributed by atoms with Crippen LogP contribution in [0.2, 0.25) is 0 Å². The topological polar surface area (TPSA) is 61.0 Å². The van der Waals surface area contributed by atoms with E-state index < -0.39 is 0 Å². The van der Waals surface area contributed by atoms with Crippen LogP contribution in [-0.4, -0.2) is 22.1 Å². The highest BCUT2D eigenvalue weighted by molar-refractivity contribution is 5.33. The molecule has 0 spiro atoms. The van der Waals surface area contributed by atoms with Gasteiger partial charge in [-0.3, -0.25) is 0 Å². The number of nitrogens with zero attached hydrogens (tertiary/aromatic N) is 2. The fourth-order valence-electron chi connectivity index (χ4n) is 3.24. The number of nitrogens with two attached hydrogens (primary N) is 1. The van der Waals surface area contributed by atoms with Gasteiger partial charge in [-0.1, -0.05) is 25.7 Å². The van der Waals surface area contributed by atoms with E-state index in [0.717, 1.165) is 43.7 Å². The van der Waals surface area contributed by atoms with Gasteiger partial charge in [0.2, 0.25) is 5.88 Å². The molecule has 0 radical (unpaired) electrons. The molecule has 1 fully saturated rings. The number of aryl methyl sites for hydroxylation is 1. The third kappa shape index (κ3) is 2.89. The van der Waals surface area contributed by atoms with Crippen molar-refractivity contribution in [2.45, 2.75) is 63.3 Å². The Hall–Kier alpha value is -1.16. The van der Waals surface area contributed by atoms with Gasteiger partial charge in [0.05, 0.1) is 11.2 Å². The van der Waals surface area contributed by atoms with Crippen molar-refractivity contribution in [3.05, 3.63) is 17.6 Å². The fourth-order valence-corrected chi connectivity index (χ4v) is 3.24. The second-order valence-electron chi connectivity index (χ2n) is 6.02. The molecular weight excluding hydrogens is 238 g/mol. The van der Waals surface area contributed by atoms with Crippen molar-refractivity contribution in [3.63, 3.8) is 0 Å². The lowest BCUT2D eigenvalue weighted by Gasteiger charge is -2.27. The van der Waals surface area contributed by atoms with Gasteiger partial charge in [-0.05, 0) is 32.1 Å². The molecule has 1 saturated carbocycles. The van der Waals surface area contributed by atoms with Gasteiger partial charge < -0.3 is 10.5 Å². The normalized spacial score (nSPS) is 21.7. The number of hydrogen-bond acceptors (Lipinski definition) is 4. The van der Waals surface area contributed by atoms with Gasteiger partial charge in [0.15, 0.2) is 0 Å². The first-order chi connectivity index (χ1) is 9.27. The molecule has 0 saturated heterocycles. The molecular formula is C15H23N3O. The van der Waals surface area contributed by atoms with Gasteiger partial charge in [0, 0.05) is 5.56 Å². The minimum absolute atomic E-state index is 0.160. The number of rotatable bonds is 3. The summed E-state index contributed by atoms with van der Waals surface area (Å²) in [6, 6.07) is 0. The first-order valence-electron chi connectivity index (χ1n) is 7.51. The first-order valence-corrected chi connectivity index (χ1v) is 7.51. The van der Waals surface area contributed by atoms with Gasteiger partial charge >= 0.3 is 0 Å². The highest BCUT2D eigenvalue weighted by atomic mass is 16.5. The van der Waals surface area contributed by atoms with E-state index in [2.05, 4.69) is 9.97 Å². The quantitative estimate of drug-likeness (QED) is 0.849. The van der Waals surface area contributed by atoms with Crippen molar-refractivity contribution in [3.8, 4) is 5.88 Å². The second-order valence-corrected chi connectivity index (χ2v) is 6.02. The molecule has 2 aliphatic carbocycles. The first kappa shape index (κ1) is 12.9. The Morgan fingerprint density at radius 2 is 1.84 bits per heavy atom. The van der Waals surface area contributed by atoms with Crippen molar-refractivity contribution in [1.29, 1.82) is 0 Å². The van der Waals surface area contributed by atoms with Crippen LogP contribution in [0.4, 0.5) is 0 Å². The summed E-state index contributed by atoms with van der Waals surface area (Å²) in [5.74, 6) is 0.775. The standard InChI is InChI=1S/C15H23N3O/c16-15(8-3-1-2-4-9-15)10-19-14-12-6-5-7-13(12)17-11-18-14/h11H,1-10,16H2. The lowest BCUT2D eigenvalue weighted by molar-refractivity contribution is 0.192. The van der Waals surface area contributed by atoms with E-state index in [9.17, 15) is 0 Å². The molecule has 0 unspecified atom stereocenters. The van der Waals surface area contributed by atoms with Gasteiger partial charge in [0.1, 0.15) is 12.9 Å². The molecule has 1 heterocycles. The third-order valence-corrected chi connectivity index (χ3v) is 4.43. The molecule has 1 aromatic heterocycles. The minimum atomic E-state index is -0.160. The number of aromatic nitrogens is 2. The van der Waals surface area contributed by atoms with E-state index >= 15 is 0 Å². The Morgan fingerprint density at radius 1 is 1.05 bits per heavy atom. The predicted molar refractivity (Wildman–Crippen MR) is 74.2 cm³/mol. The van der Waals surface area contributed by atoms with E-state index in [-0.39, 0.29) is 5.54 Å². The summed E-state index contributed by atoms with van der Waals surface area (Å²) in [5, 5.41) is 0. The molecule has 0 bridgehead atoms. The van der Waals surface area contributed by atoms with Crippen LogP contribution in [0.5, 0.6) is 5.88 Å². The van der Waals surface area contributed by atoms with Gasteiger partial charge in [-0.15, -0.1) is 0 Å². The average molecular weight is 261 g/mol. The molecule has 0 atom stereocenters. The molecule has 0 amide bonds. The molecule has 1 aromatic rings. The zero-order valence-electron chi connectivity index (χ0n) is 11.5. The van der Waals surface area contributed by atoms with Crippen molar-refractivity contribution in [2.24, 2.45) is 5.73 Å². The maximum Gasteiger partial charge on any atom is 0.219 e. The van der Waals surface area contributed by atoms with Crippen LogP contribution in [0.1, 0.15) is 56.2 Å². The van der Waals surface area contributed by atoms with Crippen LogP contribution in [0.25, 0.3) is 0 Å². The van der Waals surface area contributed by atoms with E-state index in [1.165, 1.54) is 31.2 Å². The molecule has 19 heavy (non-hydrogen) atoms. The summed E-state index contributed by atoms with van der Waals surface area (Å²) in [6.45, 7) is 0.594. The van der Waals surface area contributed by atoms with Crippen LogP contribution in [0.3, 0.4) is 0 Å². The maximum atomic E-state index is 6.48.